The van der Waals surface area contributed by atoms with E-state index >= 15 is 0 Å². The van der Waals surface area contributed by atoms with Crippen molar-refractivity contribution in [2.24, 2.45) is 7.05 Å². The lowest BCUT2D eigenvalue weighted by molar-refractivity contribution is 0.422. The number of nitrogens with zero attached hydrogens (tertiary/aromatic N) is 1. The average molecular weight is 258 g/mol. The van der Waals surface area contributed by atoms with Gasteiger partial charge in [-0.25, -0.2) is 0 Å². The van der Waals surface area contributed by atoms with Crippen LogP contribution in [0.15, 0.2) is 24.4 Å². The zero-order chi connectivity index (χ0) is 14.0. The molecule has 1 aromatic carbocycles. The molecule has 2 nitrogen and oxygen atoms in total. The summed E-state index contributed by atoms with van der Waals surface area (Å²) in [6, 6.07) is 6.72. The molecule has 0 saturated heterocycles. The van der Waals surface area contributed by atoms with Crippen molar-refractivity contribution in [3.63, 3.8) is 0 Å². The van der Waals surface area contributed by atoms with Gasteiger partial charge >= 0.3 is 0 Å². The Hall–Kier alpha value is -1.28. The third kappa shape index (κ3) is 3.60. The topological polar surface area (TPSA) is 17.0 Å². The molecule has 0 radical (unpaired) electrons. The van der Waals surface area contributed by atoms with Crippen LogP contribution in [0.25, 0.3) is 10.9 Å². The third-order valence-electron chi connectivity index (χ3n) is 3.51. The minimum atomic E-state index is 0.218. The summed E-state index contributed by atoms with van der Waals surface area (Å²) in [6.07, 6.45) is 4.61. The Morgan fingerprint density at radius 2 is 1.95 bits per heavy atom. The lowest BCUT2D eigenvalue weighted by atomic mass is 10.1. The van der Waals surface area contributed by atoms with Crippen molar-refractivity contribution < 1.29 is 0 Å². The quantitative estimate of drug-likeness (QED) is 0.825. The van der Waals surface area contributed by atoms with Crippen molar-refractivity contribution in [2.45, 2.75) is 46.1 Å². The van der Waals surface area contributed by atoms with Crippen LogP contribution in [-0.2, 0) is 13.5 Å². The number of hydrogen-bond donors (Lipinski definition) is 1. The van der Waals surface area contributed by atoms with Gasteiger partial charge in [-0.2, -0.15) is 0 Å². The second kappa shape index (κ2) is 5.38. The van der Waals surface area contributed by atoms with E-state index in [1.165, 1.54) is 28.5 Å². The molecule has 0 unspecified atom stereocenters. The Kier molecular flexibility index (Phi) is 4.00. The first kappa shape index (κ1) is 14.1. The summed E-state index contributed by atoms with van der Waals surface area (Å²) < 4.78 is 2.24. The molecule has 2 heteroatoms. The summed E-state index contributed by atoms with van der Waals surface area (Å²) >= 11 is 0. The minimum absolute atomic E-state index is 0.218. The monoisotopic (exact) mass is 258 g/mol. The van der Waals surface area contributed by atoms with Crippen molar-refractivity contribution in [1.29, 1.82) is 0 Å². The van der Waals surface area contributed by atoms with Crippen LogP contribution < -0.4 is 5.32 Å². The smallest absolute Gasteiger partial charge is 0.0480 e. The SMILES string of the molecule is Cc1ccc2c(c1)c(CCCNC(C)(C)C)cn2C. The summed E-state index contributed by atoms with van der Waals surface area (Å²) in [5, 5.41) is 4.97. The molecular formula is C17H26N2. The molecule has 0 aliphatic heterocycles. The highest BCUT2D eigenvalue weighted by atomic mass is 14.9. The Morgan fingerprint density at radius 3 is 2.63 bits per heavy atom. The Balaban J connectivity index is 2.07. The summed E-state index contributed by atoms with van der Waals surface area (Å²) in [5.41, 5.74) is 4.36. The number of nitrogens with one attached hydrogen (secondary N) is 1. The molecule has 0 saturated carbocycles. The van der Waals surface area contributed by atoms with Gasteiger partial charge < -0.3 is 9.88 Å². The van der Waals surface area contributed by atoms with Crippen LogP contribution in [0.5, 0.6) is 0 Å². The van der Waals surface area contributed by atoms with E-state index in [-0.39, 0.29) is 5.54 Å². The Labute approximate surface area is 116 Å². The van der Waals surface area contributed by atoms with Gasteiger partial charge in [0.05, 0.1) is 0 Å². The van der Waals surface area contributed by atoms with Gasteiger partial charge in [-0.3, -0.25) is 0 Å². The zero-order valence-corrected chi connectivity index (χ0v) is 12.9. The molecule has 2 rings (SSSR count). The van der Waals surface area contributed by atoms with Gasteiger partial charge in [0.25, 0.3) is 0 Å². The van der Waals surface area contributed by atoms with Crippen molar-refractivity contribution in [2.75, 3.05) is 6.54 Å². The van der Waals surface area contributed by atoms with Crippen LogP contribution >= 0.6 is 0 Å². The molecule has 0 fully saturated rings. The number of aryl methyl sites for hydroxylation is 3. The molecule has 19 heavy (non-hydrogen) atoms. The highest BCUT2D eigenvalue weighted by Crippen LogP contribution is 2.23. The van der Waals surface area contributed by atoms with Crippen molar-refractivity contribution in [3.05, 3.63) is 35.5 Å². The van der Waals surface area contributed by atoms with Gasteiger partial charge in [0, 0.05) is 29.7 Å². The van der Waals surface area contributed by atoms with Crippen LogP contribution in [0.2, 0.25) is 0 Å². The van der Waals surface area contributed by atoms with E-state index in [1.54, 1.807) is 0 Å². The Morgan fingerprint density at radius 1 is 1.21 bits per heavy atom. The Bertz CT molecular complexity index is 558. The van der Waals surface area contributed by atoms with Crippen molar-refractivity contribution in [1.82, 2.24) is 9.88 Å². The largest absolute Gasteiger partial charge is 0.350 e. The predicted octanol–water partition coefficient (Wildman–Crippen LogP) is 3.81. The molecule has 0 atom stereocenters. The fourth-order valence-corrected chi connectivity index (χ4v) is 2.53. The summed E-state index contributed by atoms with van der Waals surface area (Å²) in [7, 11) is 2.13. The molecular weight excluding hydrogens is 232 g/mol. The summed E-state index contributed by atoms with van der Waals surface area (Å²) in [4.78, 5) is 0. The predicted molar refractivity (Wildman–Crippen MR) is 83.7 cm³/mol. The van der Waals surface area contributed by atoms with Gasteiger partial charge in [0.15, 0.2) is 0 Å². The van der Waals surface area contributed by atoms with Gasteiger partial charge in [0.1, 0.15) is 0 Å². The van der Waals surface area contributed by atoms with Crippen LogP contribution in [-0.4, -0.2) is 16.7 Å². The number of aromatic nitrogens is 1. The molecule has 1 heterocycles. The first-order chi connectivity index (χ1) is 8.87. The molecule has 0 amide bonds. The summed E-state index contributed by atoms with van der Waals surface area (Å²) in [6.45, 7) is 9.89. The zero-order valence-electron chi connectivity index (χ0n) is 12.9. The molecule has 0 aliphatic rings. The van der Waals surface area contributed by atoms with Gasteiger partial charge in [-0.1, -0.05) is 11.6 Å². The third-order valence-corrected chi connectivity index (χ3v) is 3.51. The maximum absolute atomic E-state index is 3.55. The molecule has 2 aromatic rings. The van der Waals surface area contributed by atoms with Crippen molar-refractivity contribution >= 4 is 10.9 Å². The number of hydrogen-bond acceptors (Lipinski definition) is 1. The maximum atomic E-state index is 3.55. The van der Waals surface area contributed by atoms with Gasteiger partial charge in [-0.15, -0.1) is 0 Å². The second-order valence-corrected chi connectivity index (χ2v) is 6.57. The van der Waals surface area contributed by atoms with Gasteiger partial charge in [-0.05, 0) is 64.8 Å². The second-order valence-electron chi connectivity index (χ2n) is 6.57. The summed E-state index contributed by atoms with van der Waals surface area (Å²) in [5.74, 6) is 0. The highest BCUT2D eigenvalue weighted by molar-refractivity contribution is 5.84. The van der Waals surface area contributed by atoms with E-state index in [2.05, 4.69) is 69.0 Å². The number of rotatable bonds is 4. The number of fused-ring (bicyclic) bond motifs is 1. The van der Waals surface area contributed by atoms with E-state index < -0.39 is 0 Å². The first-order valence-electron chi connectivity index (χ1n) is 7.16. The van der Waals surface area contributed by atoms with Gasteiger partial charge in [0.2, 0.25) is 0 Å². The highest BCUT2D eigenvalue weighted by Gasteiger charge is 2.09. The normalized spacial score (nSPS) is 12.3. The fraction of sp³-hybridized carbons (Fsp3) is 0.529. The van der Waals surface area contributed by atoms with Crippen molar-refractivity contribution in [3.8, 4) is 0 Å². The van der Waals surface area contributed by atoms with E-state index in [0.29, 0.717) is 0 Å². The fourth-order valence-electron chi connectivity index (χ4n) is 2.53. The maximum Gasteiger partial charge on any atom is 0.0480 e. The van der Waals surface area contributed by atoms with Crippen LogP contribution in [0.3, 0.4) is 0 Å². The molecule has 0 aliphatic carbocycles. The van der Waals surface area contributed by atoms with E-state index in [1.807, 2.05) is 0 Å². The standard InChI is InChI=1S/C17H26N2/c1-13-8-9-16-15(11-13)14(12-19(16)5)7-6-10-18-17(2,3)4/h8-9,11-12,18H,6-7,10H2,1-5H3. The molecule has 0 spiro atoms. The lowest BCUT2D eigenvalue weighted by Crippen LogP contribution is -2.36. The average Bonchev–Trinajstić information content (AvgIpc) is 2.60. The van der Waals surface area contributed by atoms with E-state index in [4.69, 9.17) is 0 Å². The van der Waals surface area contributed by atoms with Crippen LogP contribution in [0.4, 0.5) is 0 Å². The number of benzene rings is 1. The van der Waals surface area contributed by atoms with Crippen LogP contribution in [0.1, 0.15) is 38.3 Å². The first-order valence-corrected chi connectivity index (χ1v) is 7.16. The molecule has 104 valence electrons. The van der Waals surface area contributed by atoms with E-state index in [9.17, 15) is 0 Å². The lowest BCUT2D eigenvalue weighted by Gasteiger charge is -2.20. The minimum Gasteiger partial charge on any atom is -0.350 e. The molecule has 0 bridgehead atoms. The van der Waals surface area contributed by atoms with E-state index in [0.717, 1.165) is 13.0 Å². The molecule has 1 aromatic heterocycles. The van der Waals surface area contributed by atoms with Crippen LogP contribution in [0, 0.1) is 6.92 Å². The molecule has 1 N–H and O–H groups in total.